The van der Waals surface area contributed by atoms with Crippen LogP contribution in [0.4, 0.5) is 0 Å². The Labute approximate surface area is 166 Å². The van der Waals surface area contributed by atoms with E-state index < -0.39 is 19.3 Å². The second kappa shape index (κ2) is 8.73. The number of ketones is 1. The first-order valence-electron chi connectivity index (χ1n) is 8.93. The van der Waals surface area contributed by atoms with E-state index in [0.717, 1.165) is 5.69 Å². The molecule has 5 nitrogen and oxygen atoms in total. The lowest BCUT2D eigenvalue weighted by molar-refractivity contribution is 0.0974. The Morgan fingerprint density at radius 2 is 1.88 bits per heavy atom. The monoisotopic (exact) mass is 418 g/mol. The quantitative estimate of drug-likeness (QED) is 0.492. The largest absolute Gasteiger partial charge is 0.411 e. The molecule has 2 atom stereocenters. The molecule has 0 bridgehead atoms. The van der Waals surface area contributed by atoms with Gasteiger partial charge in [-0.1, -0.05) is 20.8 Å². The molecule has 0 saturated heterocycles. The molecule has 1 heterocycles. The van der Waals surface area contributed by atoms with E-state index in [1.165, 1.54) is 11.3 Å². The van der Waals surface area contributed by atoms with Gasteiger partial charge in [0.25, 0.3) is 0 Å². The van der Waals surface area contributed by atoms with Crippen LogP contribution >= 0.6 is 11.3 Å². The molecule has 0 radical (unpaired) electrons. The van der Waals surface area contributed by atoms with Crippen LogP contribution < -0.4 is 4.72 Å². The van der Waals surface area contributed by atoms with E-state index in [2.05, 4.69) is 43.6 Å². The molecule has 1 aromatic heterocycles. The van der Waals surface area contributed by atoms with Gasteiger partial charge in [-0.15, -0.1) is 11.3 Å². The fraction of sp³-hybridized carbons (Fsp3) is 0.778. The number of rotatable bonds is 8. The van der Waals surface area contributed by atoms with Crippen LogP contribution in [0.2, 0.25) is 18.1 Å². The van der Waals surface area contributed by atoms with Gasteiger partial charge >= 0.3 is 0 Å². The van der Waals surface area contributed by atoms with Crippen molar-refractivity contribution in [1.82, 2.24) is 9.71 Å². The maximum Gasteiger partial charge on any atom is 0.192 e. The minimum Gasteiger partial charge on any atom is -0.411 e. The van der Waals surface area contributed by atoms with Crippen LogP contribution in [0.1, 0.15) is 70.4 Å². The van der Waals surface area contributed by atoms with E-state index in [1.54, 1.807) is 0 Å². The van der Waals surface area contributed by atoms with Gasteiger partial charge in [0.1, 0.15) is 0 Å². The number of aromatic nitrogens is 1. The molecule has 26 heavy (non-hydrogen) atoms. The molecule has 8 heteroatoms. The van der Waals surface area contributed by atoms with Crippen LogP contribution in [0.3, 0.4) is 0 Å². The number of nitrogens with one attached hydrogen (secondary N) is 1. The topological polar surface area (TPSA) is 68.3 Å². The first-order chi connectivity index (χ1) is 11.6. The first-order valence-corrected chi connectivity index (χ1v) is 13.9. The smallest absolute Gasteiger partial charge is 0.192 e. The molecule has 0 aromatic carbocycles. The predicted octanol–water partition coefficient (Wildman–Crippen LogP) is 4.68. The molecule has 0 unspecified atom stereocenters. The highest BCUT2D eigenvalue weighted by Crippen LogP contribution is 2.37. The Morgan fingerprint density at radius 3 is 2.38 bits per heavy atom. The fourth-order valence-corrected chi connectivity index (χ4v) is 4.24. The van der Waals surface area contributed by atoms with Crippen LogP contribution in [0, 0.1) is 0 Å². The highest BCUT2D eigenvalue weighted by Gasteiger charge is 2.37. The summed E-state index contributed by atoms with van der Waals surface area (Å²) in [5.74, 6) is -0.0283. The molecule has 1 rings (SSSR count). The summed E-state index contributed by atoms with van der Waals surface area (Å²) in [4.78, 5) is 16.9. The van der Waals surface area contributed by atoms with Crippen molar-refractivity contribution >= 4 is 36.4 Å². The molecule has 0 aliphatic rings. The van der Waals surface area contributed by atoms with Gasteiger partial charge in [-0.2, -0.15) is 0 Å². The lowest BCUT2D eigenvalue weighted by atomic mass is 10.2. The van der Waals surface area contributed by atoms with E-state index >= 15 is 0 Å². The standard InChI is InChI=1S/C18H34N2O3S2Si/c1-13(20-25(22)17(2,3)4)10-15(21)16-19-14(12-24-16)11-23-26(8,9)18(5,6)7/h12-13,20H,10-11H2,1-9H3/t13-,25-/m0/s1. The lowest BCUT2D eigenvalue weighted by Crippen LogP contribution is -2.40. The molecule has 0 saturated carbocycles. The summed E-state index contributed by atoms with van der Waals surface area (Å²) in [7, 11) is -3.02. The molecule has 1 N–H and O–H groups in total. The fourth-order valence-electron chi connectivity index (χ4n) is 1.74. The molecular weight excluding hydrogens is 384 g/mol. The third-order valence-electron chi connectivity index (χ3n) is 4.53. The van der Waals surface area contributed by atoms with Gasteiger partial charge in [0.15, 0.2) is 19.1 Å². The summed E-state index contributed by atoms with van der Waals surface area (Å²) in [5, 5.41) is 2.53. The van der Waals surface area contributed by atoms with Gasteiger partial charge in [0, 0.05) is 17.8 Å². The predicted molar refractivity (Wildman–Crippen MR) is 114 cm³/mol. The molecule has 1 aromatic rings. The molecule has 0 fully saturated rings. The third-order valence-corrected chi connectivity index (χ3v) is 11.7. The van der Waals surface area contributed by atoms with Crippen molar-refractivity contribution in [3.63, 3.8) is 0 Å². The number of carbonyl (C=O) groups excluding carboxylic acids is 1. The van der Waals surface area contributed by atoms with Crippen molar-refractivity contribution in [3.05, 3.63) is 16.1 Å². The molecule has 0 amide bonds. The van der Waals surface area contributed by atoms with Crippen molar-refractivity contribution in [2.24, 2.45) is 0 Å². The number of hydrogen-bond acceptors (Lipinski definition) is 5. The van der Waals surface area contributed by atoms with E-state index in [-0.39, 0.29) is 28.0 Å². The summed E-state index contributed by atoms with van der Waals surface area (Å²) in [6.07, 6.45) is 0.276. The minimum atomic E-state index is -1.83. The Morgan fingerprint density at radius 1 is 1.31 bits per heavy atom. The summed E-state index contributed by atoms with van der Waals surface area (Å²) in [6, 6.07) is -0.168. The molecule has 150 valence electrons. The SMILES string of the molecule is C[C@@H](CC(=O)c1nc(CO[Si](C)(C)C(C)(C)C)cs1)N[S@@](=O)C(C)(C)C. The maximum absolute atomic E-state index is 12.4. The maximum atomic E-state index is 12.4. The van der Waals surface area contributed by atoms with Gasteiger partial charge in [0.2, 0.25) is 0 Å². The summed E-state index contributed by atoms with van der Waals surface area (Å²) in [6.45, 7) is 19.0. The number of thiazole rings is 1. The number of carbonyl (C=O) groups is 1. The normalized spacial score (nSPS) is 15.7. The van der Waals surface area contributed by atoms with Crippen LogP contribution in [0.15, 0.2) is 5.38 Å². The zero-order valence-corrected chi connectivity index (χ0v) is 20.2. The Balaban J connectivity index is 2.62. The Bertz CT molecular complexity index is 646. The van der Waals surface area contributed by atoms with E-state index in [0.29, 0.717) is 11.6 Å². The summed E-state index contributed by atoms with van der Waals surface area (Å²) < 4.78 is 20.9. The molecular formula is C18H34N2O3S2Si. The highest BCUT2D eigenvalue weighted by atomic mass is 32.2. The van der Waals surface area contributed by atoms with E-state index in [9.17, 15) is 9.00 Å². The number of nitrogens with zero attached hydrogens (tertiary/aromatic N) is 1. The van der Waals surface area contributed by atoms with Gasteiger partial charge in [-0.25, -0.2) is 13.9 Å². The Hall–Kier alpha value is -0.413. The van der Waals surface area contributed by atoms with Crippen LogP contribution in [-0.4, -0.2) is 34.1 Å². The highest BCUT2D eigenvalue weighted by molar-refractivity contribution is 7.84. The van der Waals surface area contributed by atoms with Crippen LogP contribution in [0.25, 0.3) is 0 Å². The van der Waals surface area contributed by atoms with Crippen molar-refractivity contribution < 1.29 is 13.4 Å². The van der Waals surface area contributed by atoms with E-state index in [1.807, 2.05) is 33.1 Å². The average Bonchev–Trinajstić information content (AvgIpc) is 2.91. The lowest BCUT2D eigenvalue weighted by Gasteiger charge is -2.35. The molecule has 0 aliphatic heterocycles. The van der Waals surface area contributed by atoms with Gasteiger partial charge < -0.3 is 4.43 Å². The summed E-state index contributed by atoms with van der Waals surface area (Å²) >= 11 is 1.35. The van der Waals surface area contributed by atoms with Crippen molar-refractivity contribution in [3.8, 4) is 0 Å². The zero-order chi connectivity index (χ0) is 20.3. The van der Waals surface area contributed by atoms with Gasteiger partial charge in [-0.05, 0) is 45.8 Å². The Kier molecular flexibility index (Phi) is 7.93. The van der Waals surface area contributed by atoms with Crippen molar-refractivity contribution in [2.75, 3.05) is 0 Å². The zero-order valence-electron chi connectivity index (χ0n) is 17.6. The first kappa shape index (κ1) is 23.6. The second-order valence-electron chi connectivity index (χ2n) is 9.22. The second-order valence-corrected chi connectivity index (χ2v) is 16.9. The third kappa shape index (κ3) is 6.96. The van der Waals surface area contributed by atoms with E-state index in [4.69, 9.17) is 4.43 Å². The van der Waals surface area contributed by atoms with Crippen LogP contribution in [-0.2, 0) is 22.0 Å². The van der Waals surface area contributed by atoms with Crippen molar-refractivity contribution in [2.45, 2.75) is 90.4 Å². The average molecular weight is 419 g/mol. The van der Waals surface area contributed by atoms with Gasteiger partial charge in [0.05, 0.1) is 28.0 Å². The van der Waals surface area contributed by atoms with Crippen LogP contribution in [0.5, 0.6) is 0 Å². The minimum absolute atomic E-state index is 0.0283. The molecule has 0 spiro atoms. The molecule has 0 aliphatic carbocycles. The number of Topliss-reactive ketones (excluding diaryl/α,β-unsaturated/α-hetero) is 1. The van der Waals surface area contributed by atoms with Gasteiger partial charge in [-0.3, -0.25) is 4.79 Å². The summed E-state index contributed by atoms with van der Waals surface area (Å²) in [5.41, 5.74) is 0.807. The van der Waals surface area contributed by atoms with Crippen molar-refractivity contribution in [1.29, 1.82) is 0 Å². The number of hydrogen-bond donors (Lipinski definition) is 1.